The second-order valence-corrected chi connectivity index (χ2v) is 6.94. The third-order valence-corrected chi connectivity index (χ3v) is 5.47. The summed E-state index contributed by atoms with van der Waals surface area (Å²) in [6.45, 7) is 3.21. The molecule has 2 aliphatic rings. The Morgan fingerprint density at radius 2 is 1.60 bits per heavy atom. The number of hydrogen-bond donors (Lipinski definition) is 0. The first-order valence-electron chi connectivity index (χ1n) is 9.19. The van der Waals surface area contributed by atoms with Crippen LogP contribution in [0.1, 0.15) is 24.0 Å². The maximum atomic E-state index is 13.0. The van der Waals surface area contributed by atoms with Gasteiger partial charge in [0.15, 0.2) is 5.82 Å². The van der Waals surface area contributed by atoms with Crippen LogP contribution in [-0.2, 0) is 17.6 Å². The van der Waals surface area contributed by atoms with Crippen LogP contribution in [0.25, 0.3) is 0 Å². The van der Waals surface area contributed by atoms with E-state index in [-0.39, 0.29) is 5.92 Å². The fraction of sp³-hybridized carbons (Fsp3) is 0.450. The maximum Gasteiger partial charge on any atom is 0.225 e. The van der Waals surface area contributed by atoms with E-state index >= 15 is 0 Å². The van der Waals surface area contributed by atoms with Gasteiger partial charge in [-0.05, 0) is 48.9 Å². The number of piperazine rings is 1. The molecule has 0 spiro atoms. The van der Waals surface area contributed by atoms with Gasteiger partial charge in [-0.3, -0.25) is 4.79 Å². The highest BCUT2D eigenvalue weighted by Crippen LogP contribution is 2.26. The van der Waals surface area contributed by atoms with Crippen molar-refractivity contribution in [1.29, 1.82) is 0 Å². The van der Waals surface area contributed by atoms with Gasteiger partial charge >= 0.3 is 0 Å². The van der Waals surface area contributed by atoms with Gasteiger partial charge in [0.25, 0.3) is 0 Å². The van der Waals surface area contributed by atoms with Crippen LogP contribution >= 0.6 is 0 Å². The molecule has 130 valence electrons. The average molecular weight is 336 g/mol. The zero-order chi connectivity index (χ0) is 17.1. The van der Waals surface area contributed by atoms with Crippen molar-refractivity contribution in [3.05, 3.63) is 53.7 Å². The van der Waals surface area contributed by atoms with Crippen LogP contribution in [0.4, 0.5) is 5.82 Å². The molecular weight excluding hydrogens is 312 g/mol. The first kappa shape index (κ1) is 16.1. The van der Waals surface area contributed by atoms with Crippen molar-refractivity contribution in [3.8, 4) is 0 Å². The Labute approximate surface area is 148 Å². The average Bonchev–Trinajstić information content (AvgIpc) is 2.91. The summed E-state index contributed by atoms with van der Waals surface area (Å²) in [6, 6.07) is 12.5. The van der Waals surface area contributed by atoms with Gasteiger partial charge in [-0.15, -0.1) is 5.10 Å². The van der Waals surface area contributed by atoms with Crippen molar-refractivity contribution in [2.75, 3.05) is 31.1 Å². The first-order valence-corrected chi connectivity index (χ1v) is 9.19. The monoisotopic (exact) mass is 336 g/mol. The largest absolute Gasteiger partial charge is 0.352 e. The summed E-state index contributed by atoms with van der Waals surface area (Å²) in [5, 5.41) is 8.12. The number of carbonyl (C=O) groups is 1. The number of benzene rings is 1. The number of aryl methyl sites for hydroxylation is 2. The molecule has 1 saturated heterocycles. The second kappa shape index (κ2) is 7.21. The molecule has 0 saturated carbocycles. The molecule has 4 rings (SSSR count). The number of nitrogens with zero attached hydrogens (tertiary/aromatic N) is 4. The number of carbonyl (C=O) groups excluding carboxylic acids is 1. The number of amides is 1. The summed E-state index contributed by atoms with van der Waals surface area (Å²) >= 11 is 0. The molecule has 1 fully saturated rings. The molecule has 0 radical (unpaired) electrons. The predicted octanol–water partition coefficient (Wildman–Crippen LogP) is 2.32. The number of anilines is 1. The lowest BCUT2D eigenvalue weighted by atomic mass is 9.97. The fourth-order valence-electron chi connectivity index (χ4n) is 3.97. The first-order chi connectivity index (χ1) is 12.3. The fourth-order valence-corrected chi connectivity index (χ4v) is 3.97. The summed E-state index contributed by atoms with van der Waals surface area (Å²) in [5.41, 5.74) is 2.84. The van der Waals surface area contributed by atoms with Crippen LogP contribution in [-0.4, -0.2) is 47.2 Å². The van der Waals surface area contributed by atoms with Crippen molar-refractivity contribution in [2.45, 2.75) is 25.7 Å². The van der Waals surface area contributed by atoms with E-state index < -0.39 is 0 Å². The van der Waals surface area contributed by atoms with Crippen LogP contribution in [0.2, 0.25) is 0 Å². The Hall–Kier alpha value is -2.43. The highest BCUT2D eigenvalue weighted by atomic mass is 16.2. The lowest BCUT2D eigenvalue weighted by molar-refractivity contribution is -0.136. The van der Waals surface area contributed by atoms with Crippen molar-refractivity contribution in [3.63, 3.8) is 0 Å². The van der Waals surface area contributed by atoms with Crippen LogP contribution in [0.3, 0.4) is 0 Å². The van der Waals surface area contributed by atoms with Crippen molar-refractivity contribution in [1.82, 2.24) is 15.1 Å². The Morgan fingerprint density at radius 1 is 0.920 bits per heavy atom. The minimum atomic E-state index is 0.162. The molecule has 5 nitrogen and oxygen atoms in total. The van der Waals surface area contributed by atoms with E-state index in [4.69, 9.17) is 0 Å². The van der Waals surface area contributed by atoms with E-state index in [0.29, 0.717) is 5.91 Å². The van der Waals surface area contributed by atoms with Gasteiger partial charge in [0.2, 0.25) is 5.91 Å². The Kier molecular flexibility index (Phi) is 4.63. The molecule has 0 N–H and O–H groups in total. The minimum absolute atomic E-state index is 0.162. The summed E-state index contributed by atoms with van der Waals surface area (Å²) in [6.07, 6.45) is 5.67. The number of aromatic nitrogens is 2. The van der Waals surface area contributed by atoms with Crippen LogP contribution < -0.4 is 4.90 Å². The van der Waals surface area contributed by atoms with Crippen molar-refractivity contribution >= 4 is 11.7 Å². The van der Waals surface area contributed by atoms with Gasteiger partial charge in [0, 0.05) is 38.3 Å². The zero-order valence-corrected chi connectivity index (χ0v) is 14.5. The Morgan fingerprint density at radius 3 is 2.20 bits per heavy atom. The summed E-state index contributed by atoms with van der Waals surface area (Å²) in [4.78, 5) is 17.2. The highest BCUT2D eigenvalue weighted by Gasteiger charge is 2.29. The predicted molar refractivity (Wildman–Crippen MR) is 97.4 cm³/mol. The zero-order valence-electron chi connectivity index (χ0n) is 14.5. The molecule has 1 aromatic carbocycles. The molecule has 1 amide bonds. The molecule has 1 aliphatic heterocycles. The van der Waals surface area contributed by atoms with Crippen molar-refractivity contribution in [2.24, 2.45) is 5.92 Å². The van der Waals surface area contributed by atoms with Gasteiger partial charge in [0.05, 0.1) is 0 Å². The molecule has 0 unspecified atom stereocenters. The van der Waals surface area contributed by atoms with Crippen LogP contribution in [0.5, 0.6) is 0 Å². The van der Waals surface area contributed by atoms with E-state index in [9.17, 15) is 4.79 Å². The number of hydrogen-bond acceptors (Lipinski definition) is 4. The summed E-state index contributed by atoms with van der Waals surface area (Å²) < 4.78 is 0. The SMILES string of the molecule is O=C(C1CCc2ccccc2CC1)N1CCN(c2cccnn2)CC1. The third kappa shape index (κ3) is 3.50. The van der Waals surface area contributed by atoms with Gasteiger partial charge in [-0.2, -0.15) is 5.10 Å². The Balaban J connectivity index is 1.35. The molecule has 25 heavy (non-hydrogen) atoms. The lowest BCUT2D eigenvalue weighted by Crippen LogP contribution is -2.50. The van der Waals surface area contributed by atoms with E-state index in [1.165, 1.54) is 11.1 Å². The lowest BCUT2D eigenvalue weighted by Gasteiger charge is -2.36. The highest BCUT2D eigenvalue weighted by molar-refractivity contribution is 5.79. The van der Waals surface area contributed by atoms with Gasteiger partial charge in [0.1, 0.15) is 0 Å². The molecular formula is C20H24N4O. The van der Waals surface area contributed by atoms with Crippen LogP contribution in [0.15, 0.2) is 42.6 Å². The Bertz CT molecular complexity index is 698. The molecule has 2 heterocycles. The number of fused-ring (bicyclic) bond motifs is 1. The van der Waals surface area contributed by atoms with E-state index in [1.54, 1.807) is 6.20 Å². The quantitative estimate of drug-likeness (QED) is 0.790. The van der Waals surface area contributed by atoms with Gasteiger partial charge in [-0.25, -0.2) is 0 Å². The standard InChI is InChI=1S/C20H24N4O/c25-20(18-9-7-16-4-1-2-5-17(16)8-10-18)24-14-12-23(13-15-24)19-6-3-11-21-22-19/h1-6,11,18H,7-10,12-15H2. The third-order valence-electron chi connectivity index (χ3n) is 5.47. The van der Waals surface area contributed by atoms with E-state index in [2.05, 4.69) is 39.4 Å². The topological polar surface area (TPSA) is 49.3 Å². The normalized spacial score (nSPS) is 18.6. The van der Waals surface area contributed by atoms with Gasteiger partial charge < -0.3 is 9.80 Å². The van der Waals surface area contributed by atoms with E-state index in [1.807, 2.05) is 17.0 Å². The van der Waals surface area contributed by atoms with Crippen LogP contribution in [0, 0.1) is 5.92 Å². The molecule has 2 aromatic rings. The smallest absolute Gasteiger partial charge is 0.225 e. The van der Waals surface area contributed by atoms with Crippen molar-refractivity contribution < 1.29 is 4.79 Å². The molecule has 1 aliphatic carbocycles. The molecule has 1 aromatic heterocycles. The van der Waals surface area contributed by atoms with Gasteiger partial charge in [-0.1, -0.05) is 24.3 Å². The molecule has 0 bridgehead atoms. The van der Waals surface area contributed by atoms with E-state index in [0.717, 1.165) is 57.7 Å². The molecule has 0 atom stereocenters. The minimum Gasteiger partial charge on any atom is -0.352 e. The summed E-state index contributed by atoms with van der Waals surface area (Å²) in [5.74, 6) is 1.40. The summed E-state index contributed by atoms with van der Waals surface area (Å²) in [7, 11) is 0. The molecule has 5 heteroatoms. The number of rotatable bonds is 2. The second-order valence-electron chi connectivity index (χ2n) is 6.94. The maximum absolute atomic E-state index is 13.0.